The number of aromatic amines is 1. The van der Waals surface area contributed by atoms with E-state index < -0.39 is 0 Å². The predicted octanol–water partition coefficient (Wildman–Crippen LogP) is 6.07. The molecule has 0 aliphatic rings. The Labute approximate surface area is 159 Å². The molecule has 130 valence electrons. The topological polar surface area (TPSA) is 19.0 Å². The highest BCUT2D eigenvalue weighted by Gasteiger charge is 2.20. The molecule has 4 rings (SSSR count). The number of rotatable bonds is 4. The number of benzene rings is 3. The molecule has 3 heteroatoms. The molecule has 1 heterocycles. The molecule has 0 amide bonds. The van der Waals surface area contributed by atoms with Crippen molar-refractivity contribution in [1.82, 2.24) is 4.98 Å². The fourth-order valence-electron chi connectivity index (χ4n) is 3.54. The number of halogens is 1. The highest BCUT2D eigenvalue weighted by atomic mass is 35.5. The van der Waals surface area contributed by atoms with Crippen LogP contribution in [0.25, 0.3) is 10.9 Å². The highest BCUT2D eigenvalue weighted by molar-refractivity contribution is 6.30. The van der Waals surface area contributed by atoms with Crippen LogP contribution < -0.4 is 4.90 Å². The van der Waals surface area contributed by atoms with Gasteiger partial charge in [-0.05, 0) is 47.0 Å². The maximum Gasteiger partial charge on any atom is 0.0457 e. The number of anilines is 1. The van der Waals surface area contributed by atoms with Gasteiger partial charge in [0.2, 0.25) is 0 Å². The van der Waals surface area contributed by atoms with E-state index in [1.807, 2.05) is 12.1 Å². The minimum Gasteiger partial charge on any atom is -0.378 e. The SMILES string of the molecule is CN(C)c1ccc(C(c2cccc(Cl)c2)c2c[nH]c3ccccc23)cc1. The van der Waals surface area contributed by atoms with E-state index in [-0.39, 0.29) is 5.92 Å². The van der Waals surface area contributed by atoms with Crippen LogP contribution in [0.15, 0.2) is 79.0 Å². The van der Waals surface area contributed by atoms with Crippen molar-refractivity contribution in [3.63, 3.8) is 0 Å². The summed E-state index contributed by atoms with van der Waals surface area (Å²) < 4.78 is 0. The number of nitrogens with one attached hydrogen (secondary N) is 1. The van der Waals surface area contributed by atoms with Gasteiger partial charge in [-0.15, -0.1) is 0 Å². The fraction of sp³-hybridized carbons (Fsp3) is 0.130. The van der Waals surface area contributed by atoms with Crippen LogP contribution >= 0.6 is 11.6 Å². The molecule has 3 aromatic carbocycles. The molecule has 0 saturated heterocycles. The molecule has 1 aromatic heterocycles. The number of hydrogen-bond acceptors (Lipinski definition) is 1. The lowest BCUT2D eigenvalue weighted by atomic mass is 9.85. The first-order valence-electron chi connectivity index (χ1n) is 8.72. The molecule has 0 aliphatic heterocycles. The van der Waals surface area contributed by atoms with E-state index in [1.54, 1.807) is 0 Å². The van der Waals surface area contributed by atoms with E-state index in [4.69, 9.17) is 11.6 Å². The average molecular weight is 361 g/mol. The molecule has 0 saturated carbocycles. The third kappa shape index (κ3) is 3.09. The second-order valence-electron chi connectivity index (χ2n) is 6.76. The van der Waals surface area contributed by atoms with Gasteiger partial charge >= 0.3 is 0 Å². The van der Waals surface area contributed by atoms with Crippen LogP contribution in [0, 0.1) is 0 Å². The van der Waals surface area contributed by atoms with Gasteiger partial charge in [0.05, 0.1) is 0 Å². The van der Waals surface area contributed by atoms with Crippen molar-refractivity contribution in [1.29, 1.82) is 0 Å². The normalized spacial score (nSPS) is 12.3. The highest BCUT2D eigenvalue weighted by Crippen LogP contribution is 2.37. The summed E-state index contributed by atoms with van der Waals surface area (Å²) in [5.74, 6) is 0.126. The molecule has 0 radical (unpaired) electrons. The van der Waals surface area contributed by atoms with E-state index in [0.29, 0.717) is 0 Å². The second kappa shape index (κ2) is 6.89. The molecule has 0 fully saturated rings. The van der Waals surface area contributed by atoms with Crippen LogP contribution in [0.1, 0.15) is 22.6 Å². The lowest BCUT2D eigenvalue weighted by molar-refractivity contribution is 0.985. The van der Waals surface area contributed by atoms with Gasteiger partial charge in [-0.1, -0.05) is 54.1 Å². The van der Waals surface area contributed by atoms with E-state index in [9.17, 15) is 0 Å². The van der Waals surface area contributed by atoms with E-state index >= 15 is 0 Å². The van der Waals surface area contributed by atoms with Gasteiger partial charge in [-0.25, -0.2) is 0 Å². The maximum absolute atomic E-state index is 6.31. The smallest absolute Gasteiger partial charge is 0.0457 e. The lowest BCUT2D eigenvalue weighted by Crippen LogP contribution is -2.09. The zero-order chi connectivity index (χ0) is 18.1. The van der Waals surface area contributed by atoms with E-state index in [1.165, 1.54) is 27.8 Å². The Morgan fingerprint density at radius 2 is 1.62 bits per heavy atom. The average Bonchev–Trinajstić information content (AvgIpc) is 3.07. The Kier molecular flexibility index (Phi) is 4.44. The molecule has 2 nitrogen and oxygen atoms in total. The van der Waals surface area contributed by atoms with E-state index in [2.05, 4.69) is 90.8 Å². The molecule has 4 aromatic rings. The van der Waals surface area contributed by atoms with Crippen molar-refractivity contribution >= 4 is 28.2 Å². The predicted molar refractivity (Wildman–Crippen MR) is 111 cm³/mol. The minimum absolute atomic E-state index is 0.126. The van der Waals surface area contributed by atoms with Gasteiger partial charge in [-0.3, -0.25) is 0 Å². The zero-order valence-corrected chi connectivity index (χ0v) is 15.7. The fourth-order valence-corrected chi connectivity index (χ4v) is 3.73. The van der Waals surface area contributed by atoms with Gasteiger partial charge in [0.15, 0.2) is 0 Å². The van der Waals surface area contributed by atoms with Crippen LogP contribution in [-0.4, -0.2) is 19.1 Å². The first-order valence-corrected chi connectivity index (χ1v) is 9.10. The largest absolute Gasteiger partial charge is 0.378 e. The monoisotopic (exact) mass is 360 g/mol. The maximum atomic E-state index is 6.31. The Morgan fingerprint density at radius 1 is 0.846 bits per heavy atom. The summed E-state index contributed by atoms with van der Waals surface area (Å²) >= 11 is 6.31. The first-order chi connectivity index (χ1) is 12.6. The summed E-state index contributed by atoms with van der Waals surface area (Å²) in [6.07, 6.45) is 2.12. The number of fused-ring (bicyclic) bond motifs is 1. The summed E-state index contributed by atoms with van der Waals surface area (Å²) in [6.45, 7) is 0. The van der Waals surface area contributed by atoms with Crippen molar-refractivity contribution in [2.24, 2.45) is 0 Å². The third-order valence-electron chi connectivity index (χ3n) is 4.86. The molecule has 0 aliphatic carbocycles. The molecule has 1 N–H and O–H groups in total. The molecule has 1 unspecified atom stereocenters. The van der Waals surface area contributed by atoms with Crippen LogP contribution in [0.2, 0.25) is 5.02 Å². The Balaban J connectivity index is 1.90. The second-order valence-corrected chi connectivity index (χ2v) is 7.20. The van der Waals surface area contributed by atoms with Crippen LogP contribution in [0.5, 0.6) is 0 Å². The van der Waals surface area contributed by atoms with Crippen LogP contribution in [0.4, 0.5) is 5.69 Å². The number of aromatic nitrogens is 1. The molecule has 0 spiro atoms. The van der Waals surface area contributed by atoms with Crippen molar-refractivity contribution < 1.29 is 0 Å². The first kappa shape index (κ1) is 16.7. The van der Waals surface area contributed by atoms with Crippen LogP contribution in [0.3, 0.4) is 0 Å². The summed E-state index contributed by atoms with van der Waals surface area (Å²) in [5, 5.41) is 2.01. The number of para-hydroxylation sites is 1. The summed E-state index contributed by atoms with van der Waals surface area (Å²) in [5.41, 5.74) is 6.06. The molecular formula is C23H21ClN2. The Bertz CT molecular complexity index is 1030. The Morgan fingerprint density at radius 3 is 2.35 bits per heavy atom. The standard InChI is InChI=1S/C23H21ClN2/c1-26(2)19-12-10-16(11-13-19)23(17-6-5-7-18(24)14-17)21-15-25-22-9-4-3-8-20(21)22/h3-15,23,25H,1-2H3. The van der Waals surface area contributed by atoms with Gasteiger partial charge in [0.25, 0.3) is 0 Å². The number of nitrogens with zero attached hydrogens (tertiary/aromatic N) is 1. The number of hydrogen-bond donors (Lipinski definition) is 1. The Hall–Kier alpha value is -2.71. The minimum atomic E-state index is 0.126. The van der Waals surface area contributed by atoms with Crippen LogP contribution in [-0.2, 0) is 0 Å². The van der Waals surface area contributed by atoms with Gasteiger partial charge in [0.1, 0.15) is 0 Å². The molecule has 1 atom stereocenters. The van der Waals surface area contributed by atoms with Crippen molar-refractivity contribution in [3.8, 4) is 0 Å². The lowest BCUT2D eigenvalue weighted by Gasteiger charge is -2.20. The van der Waals surface area contributed by atoms with Crippen molar-refractivity contribution in [3.05, 3.63) is 101 Å². The summed E-state index contributed by atoms with van der Waals surface area (Å²) in [4.78, 5) is 5.53. The summed E-state index contributed by atoms with van der Waals surface area (Å²) in [7, 11) is 4.12. The molecule has 26 heavy (non-hydrogen) atoms. The van der Waals surface area contributed by atoms with Crippen molar-refractivity contribution in [2.75, 3.05) is 19.0 Å². The van der Waals surface area contributed by atoms with E-state index in [0.717, 1.165) is 10.5 Å². The third-order valence-corrected chi connectivity index (χ3v) is 5.09. The van der Waals surface area contributed by atoms with Gasteiger partial charge < -0.3 is 9.88 Å². The zero-order valence-electron chi connectivity index (χ0n) is 14.9. The molecule has 0 bridgehead atoms. The van der Waals surface area contributed by atoms with Gasteiger partial charge in [-0.2, -0.15) is 0 Å². The quantitative estimate of drug-likeness (QED) is 0.468. The summed E-state index contributed by atoms with van der Waals surface area (Å²) in [6, 6.07) is 25.4. The number of H-pyrrole nitrogens is 1. The molecular weight excluding hydrogens is 340 g/mol. The van der Waals surface area contributed by atoms with Gasteiger partial charge in [0, 0.05) is 47.8 Å². The van der Waals surface area contributed by atoms with Crippen molar-refractivity contribution in [2.45, 2.75) is 5.92 Å².